The molecule has 0 saturated carbocycles. The van der Waals surface area contributed by atoms with Gasteiger partial charge in [-0.1, -0.05) is 215 Å². The Morgan fingerprint density at radius 1 is 0.519 bits per heavy atom. The van der Waals surface area contributed by atoms with Crippen molar-refractivity contribution in [3.63, 3.8) is 0 Å². The number of ether oxygens (including phenoxy) is 4. The van der Waals surface area contributed by atoms with Crippen molar-refractivity contribution < 1.29 is 86.7 Å². The van der Waals surface area contributed by atoms with Gasteiger partial charge in [0.25, 0.3) is 0 Å². The Balaban J connectivity index is 0. The number of nitrogen functional groups attached to an aromatic ring is 4. The smallest absolute Gasteiger partial charge is 0.779 e. The van der Waals surface area contributed by atoms with Gasteiger partial charge in [-0.2, -0.15) is 15.0 Å². The number of anilines is 4. The number of aromatic amines is 1. The summed E-state index contributed by atoms with van der Waals surface area (Å²) in [4.78, 5) is 82.0. The fourth-order valence-corrected chi connectivity index (χ4v) is 11.2. The Kier molecular flexibility index (Phi) is 66.7. The first-order valence-corrected chi connectivity index (χ1v) is 41.9. The monoisotopic (exact) mass is 1520 g/mol. The molecule has 5 heterocycles. The Bertz CT molecular complexity index is 2940. The molecule has 1 fully saturated rings. The Hall–Kier alpha value is -4.22. The number of aliphatic hydroxyl groups excluding tert-OH is 2. The van der Waals surface area contributed by atoms with Gasteiger partial charge in [0.1, 0.15) is 37.2 Å². The average Bonchev–Trinajstić information content (AvgIpc) is 1.20. The van der Waals surface area contributed by atoms with Gasteiger partial charge in [0, 0.05) is 57.4 Å². The summed E-state index contributed by atoms with van der Waals surface area (Å²) in [5.74, 6) is 0.890. The summed E-state index contributed by atoms with van der Waals surface area (Å²) in [6.45, 7) is 18.6. The maximum absolute atomic E-state index is 12.3. The molecule has 0 aromatic carbocycles. The first kappa shape index (κ1) is 102. The molecule has 1 aliphatic rings. The summed E-state index contributed by atoms with van der Waals surface area (Å²) in [5.41, 5.74) is 19.5. The van der Waals surface area contributed by atoms with E-state index in [1.165, 1.54) is 236 Å². The molecule has 1 aliphatic heterocycles. The van der Waals surface area contributed by atoms with E-state index in [1.54, 1.807) is 6.92 Å². The van der Waals surface area contributed by atoms with Crippen LogP contribution >= 0.6 is 15.2 Å². The molecule has 4 aromatic rings. The summed E-state index contributed by atoms with van der Waals surface area (Å²) in [6.07, 6.45) is 46.6. The molecule has 104 heavy (non-hydrogen) atoms. The second-order valence-electron chi connectivity index (χ2n) is 25.9. The molecule has 28 nitrogen and oxygen atoms in total. The van der Waals surface area contributed by atoms with E-state index in [1.807, 2.05) is 20.8 Å². The van der Waals surface area contributed by atoms with Gasteiger partial charge in [0.15, 0.2) is 0 Å². The molecular weight excluding hydrogens is 1390 g/mol. The maximum atomic E-state index is 12.3. The van der Waals surface area contributed by atoms with E-state index in [0.717, 1.165) is 32.7 Å². The minimum atomic E-state index is -3.88. The molecule has 596 valence electrons. The molecule has 6 atom stereocenters. The van der Waals surface area contributed by atoms with Crippen molar-refractivity contribution >= 4 is 38.5 Å². The zero-order chi connectivity index (χ0) is 76.6. The van der Waals surface area contributed by atoms with Crippen molar-refractivity contribution in [2.45, 2.75) is 311 Å². The van der Waals surface area contributed by atoms with Crippen LogP contribution < -0.4 is 80.1 Å². The van der Waals surface area contributed by atoms with Crippen LogP contribution in [-0.2, 0) is 56.8 Å². The Labute approximate surface area is 643 Å². The molecule has 0 amide bonds. The third kappa shape index (κ3) is 62.8. The van der Waals surface area contributed by atoms with Crippen LogP contribution in [-0.4, -0.2) is 137 Å². The number of hydrogen-bond acceptors (Lipinski definition) is 23. The predicted molar refractivity (Wildman–Crippen MR) is 412 cm³/mol. The number of hydrogen-bond donors (Lipinski definition) is 8. The van der Waals surface area contributed by atoms with Crippen LogP contribution in [0.3, 0.4) is 0 Å². The molecule has 12 N–H and O–H groups in total. The minimum Gasteiger partial charge on any atom is -0.779 e. The fraction of sp³-hybridized carbons (Fsp3) is 0.781. The number of unbranched alkanes of at least 4 members (excludes halogenated alkanes) is 26. The maximum Gasteiger partial charge on any atom is 1.00 e. The Morgan fingerprint density at radius 3 is 1.15 bits per heavy atom. The number of epoxide rings is 1. The number of nitrogens with zero attached hydrogens (tertiary/aromatic N) is 7. The summed E-state index contributed by atoms with van der Waals surface area (Å²) in [6, 6.07) is 6.10. The van der Waals surface area contributed by atoms with E-state index in [4.69, 9.17) is 50.9 Å². The average molecular weight is 1520 g/mol. The molecule has 0 spiro atoms. The van der Waals surface area contributed by atoms with Crippen molar-refractivity contribution in [3.05, 3.63) is 91.0 Å². The van der Waals surface area contributed by atoms with Crippen LogP contribution in [0.25, 0.3) is 0 Å². The third-order valence-electron chi connectivity index (χ3n) is 16.4. The molecule has 0 bridgehead atoms. The molecule has 1 saturated heterocycles. The van der Waals surface area contributed by atoms with E-state index in [2.05, 4.69) is 45.7 Å². The van der Waals surface area contributed by atoms with Gasteiger partial charge in [0.05, 0.1) is 63.9 Å². The number of nitrogens with one attached hydrogen (secondary N) is 1. The largest absolute Gasteiger partial charge is 1.00 e. The number of aromatic nitrogens is 8. The third-order valence-corrected chi connectivity index (χ3v) is 18.9. The molecule has 2 unspecified atom stereocenters. The number of aliphatic hydroxyl groups is 2. The van der Waals surface area contributed by atoms with E-state index in [9.17, 15) is 48.3 Å². The number of rotatable bonds is 54. The minimum absolute atomic E-state index is 0. The van der Waals surface area contributed by atoms with Gasteiger partial charge < -0.3 is 75.5 Å². The molecule has 31 heteroatoms. The molecule has 5 rings (SSSR count). The Morgan fingerprint density at radius 2 is 0.865 bits per heavy atom. The molecule has 0 aliphatic carbocycles. The van der Waals surface area contributed by atoms with Crippen LogP contribution in [0, 0.1) is 0 Å². The standard InChI is InChI=1S/C28H54N3O6P.C21H45O4P.2C8H13N3O2.C4H5N3O.C4H8O.Na/c1-3-5-6-7-8-9-10-11-12-13-14-15-16-17-21-35-22-18-23-37-38(33,34)25-36-26(4-2)24-31-20-19-27(29)30-28(31)32;1-3-5-6-7-8-9-10-11-12-13-14-15-16-17-19-24-20-18-21-25-26(22,23)4-2;2*1-2-6(12)5-11-4-3-7(9)10-8(11)13;5-3-1-2-6-4(8)7-3;1-2-4-3-5-4;/h19-20,26H,3-18,21-25H2,1-2H3,(H,33,34)(H2,29,30,32);3-21H2,1-2H3,(H,22,23);2*3-4,6,12H,2,5H2,1H3,(H2,9,10,13);1-2H,(H3,5,6,7,8);4H,2-3H2,1H3;/q;;;;;;+1/p-1/t26-;;2*6-;;4-;/m1.11.1./s1. The molecule has 0 radical (unpaired) electrons. The van der Waals surface area contributed by atoms with Gasteiger partial charge in [-0.15, -0.1) is 0 Å². The van der Waals surface area contributed by atoms with Crippen molar-refractivity contribution in [2.24, 2.45) is 0 Å². The van der Waals surface area contributed by atoms with E-state index < -0.39 is 62.6 Å². The van der Waals surface area contributed by atoms with Crippen LogP contribution in [0.4, 0.5) is 23.3 Å². The van der Waals surface area contributed by atoms with Gasteiger partial charge in [0.2, 0.25) is 0 Å². The zero-order valence-corrected chi connectivity index (χ0v) is 68.7. The van der Waals surface area contributed by atoms with Gasteiger partial charge in [-0.05, 0) is 75.6 Å². The molecular formula is C73H137N12NaO16P2. The van der Waals surface area contributed by atoms with Gasteiger partial charge in [-0.25, -0.2) is 24.2 Å². The van der Waals surface area contributed by atoms with Crippen LogP contribution in [0.2, 0.25) is 0 Å². The number of nitrogens with two attached hydrogens (primary N) is 4. The van der Waals surface area contributed by atoms with Crippen molar-refractivity contribution in [2.75, 3.05) is 81.7 Å². The van der Waals surface area contributed by atoms with Crippen molar-refractivity contribution in [1.29, 1.82) is 0 Å². The van der Waals surface area contributed by atoms with Crippen LogP contribution in [0.15, 0.2) is 68.2 Å². The molecule has 4 aromatic heterocycles. The van der Waals surface area contributed by atoms with E-state index in [0.29, 0.717) is 57.2 Å². The van der Waals surface area contributed by atoms with Gasteiger partial charge >= 0.3 is 59.9 Å². The summed E-state index contributed by atoms with van der Waals surface area (Å²) >= 11 is 0. The van der Waals surface area contributed by atoms with Crippen molar-refractivity contribution in [1.82, 2.24) is 38.6 Å². The van der Waals surface area contributed by atoms with E-state index >= 15 is 0 Å². The second-order valence-corrected chi connectivity index (χ2v) is 29.8. The first-order chi connectivity index (χ1) is 49.5. The van der Waals surface area contributed by atoms with E-state index in [-0.39, 0.29) is 86.0 Å². The normalized spacial score (nSPS) is 14.1. The number of H-pyrrole nitrogens is 1. The van der Waals surface area contributed by atoms with Crippen LogP contribution in [0.5, 0.6) is 0 Å². The zero-order valence-electron chi connectivity index (χ0n) is 64.9. The van der Waals surface area contributed by atoms with Crippen molar-refractivity contribution in [3.8, 4) is 0 Å². The topological polar surface area (TPSA) is 431 Å². The quantitative estimate of drug-likeness (QED) is 0.00882. The van der Waals surface area contributed by atoms with Gasteiger partial charge in [-0.3, -0.25) is 23.3 Å². The second kappa shape index (κ2) is 68.1. The summed E-state index contributed by atoms with van der Waals surface area (Å²) in [7, 11) is -7.45. The first-order valence-electron chi connectivity index (χ1n) is 38.4. The van der Waals surface area contributed by atoms with Crippen LogP contribution in [0.1, 0.15) is 267 Å². The summed E-state index contributed by atoms with van der Waals surface area (Å²) in [5, 5.41) is 18.6. The SMILES string of the molecule is CCCCCCCCCCCCCCCCOCCCOP(=O)(O)CO[C@H](CC)Cn1ccc(N)nc1=O.CCCCCCCCCCCCCCCCOCCCOP(=O)([O-])CC.CC[C@@H](O)Cn1ccc(N)nc1=O.CC[C@@H](O)Cn1ccc(N)nc1=O.CC[C@@H]1CO1.Nc1ccnc(=O)[nH]1.[Na+]. The predicted octanol–water partition coefficient (Wildman–Crippen LogP) is 9.48. The fourth-order valence-electron chi connectivity index (χ4n) is 9.72. The summed E-state index contributed by atoms with van der Waals surface area (Å²) < 4.78 is 59.0.